The van der Waals surface area contributed by atoms with Crippen molar-refractivity contribution in [3.63, 3.8) is 0 Å². The Morgan fingerprint density at radius 3 is 2.32 bits per heavy atom. The summed E-state index contributed by atoms with van der Waals surface area (Å²) in [6.45, 7) is 6.45. The molecule has 2 fully saturated rings. The lowest BCUT2D eigenvalue weighted by molar-refractivity contribution is 0.0697. The molecule has 19 heavy (non-hydrogen) atoms. The molecule has 0 atom stereocenters. The molecule has 0 N–H and O–H groups in total. The molecule has 1 aliphatic heterocycles. The number of hydrogen-bond acceptors (Lipinski definition) is 1. The molecule has 1 aliphatic carbocycles. The van der Waals surface area contributed by atoms with Gasteiger partial charge in [0.1, 0.15) is 0 Å². The molecule has 1 saturated heterocycles. The molecule has 1 aromatic carbocycles. The first-order chi connectivity index (χ1) is 9.29. The lowest BCUT2D eigenvalue weighted by Gasteiger charge is -2.42. The molecule has 1 aromatic rings. The van der Waals surface area contributed by atoms with Crippen LogP contribution < -0.4 is 0 Å². The second-order valence-electron chi connectivity index (χ2n) is 6.90. The molecule has 1 nitrogen and oxygen atoms in total. The monoisotopic (exact) mass is 257 g/mol. The zero-order valence-electron chi connectivity index (χ0n) is 12.2. The predicted molar refractivity (Wildman–Crippen MR) is 81.2 cm³/mol. The van der Waals surface area contributed by atoms with E-state index in [0.29, 0.717) is 0 Å². The molecular formula is C18H27N. The van der Waals surface area contributed by atoms with E-state index in [-0.39, 0.29) is 0 Å². The largest absolute Gasteiger partial charge is 0.302 e. The summed E-state index contributed by atoms with van der Waals surface area (Å²) in [4.78, 5) is 2.69. The van der Waals surface area contributed by atoms with Crippen molar-refractivity contribution < 1.29 is 0 Å². The second-order valence-corrected chi connectivity index (χ2v) is 6.90. The van der Waals surface area contributed by atoms with Crippen molar-refractivity contribution in [2.45, 2.75) is 39.0 Å². The van der Waals surface area contributed by atoms with Crippen molar-refractivity contribution >= 4 is 0 Å². The van der Waals surface area contributed by atoms with E-state index in [1.165, 1.54) is 57.3 Å². The molecule has 1 saturated carbocycles. The Hall–Kier alpha value is -0.820. The van der Waals surface area contributed by atoms with Gasteiger partial charge in [-0.05, 0) is 42.6 Å². The van der Waals surface area contributed by atoms with Crippen LogP contribution in [0, 0.1) is 17.8 Å². The van der Waals surface area contributed by atoms with Gasteiger partial charge in [-0.3, -0.25) is 0 Å². The standard InChI is InChI=1S/C18H27N/c1-15-7-9-17(10-8-15)12-19-13-18(14-19)11-16-5-3-2-4-6-16/h2-6,15,17-18H,7-14H2,1H3. The van der Waals surface area contributed by atoms with Gasteiger partial charge < -0.3 is 4.90 Å². The second kappa shape index (κ2) is 6.09. The number of benzene rings is 1. The maximum Gasteiger partial charge on any atom is 0.00253 e. The summed E-state index contributed by atoms with van der Waals surface area (Å²) in [7, 11) is 0. The third-order valence-corrected chi connectivity index (χ3v) is 5.05. The lowest BCUT2D eigenvalue weighted by atomic mass is 9.81. The number of nitrogens with zero attached hydrogens (tertiary/aromatic N) is 1. The van der Waals surface area contributed by atoms with Crippen LogP contribution in [-0.2, 0) is 6.42 Å². The van der Waals surface area contributed by atoms with E-state index in [1.807, 2.05) is 0 Å². The Bertz CT molecular complexity index is 372. The van der Waals surface area contributed by atoms with Crippen molar-refractivity contribution in [1.82, 2.24) is 4.90 Å². The number of likely N-dealkylation sites (tertiary alicyclic amines) is 1. The van der Waals surface area contributed by atoms with E-state index in [2.05, 4.69) is 42.2 Å². The van der Waals surface area contributed by atoms with Gasteiger partial charge in [0, 0.05) is 19.6 Å². The van der Waals surface area contributed by atoms with Crippen LogP contribution in [0.5, 0.6) is 0 Å². The Morgan fingerprint density at radius 1 is 0.947 bits per heavy atom. The van der Waals surface area contributed by atoms with E-state index in [0.717, 1.165) is 17.8 Å². The fourth-order valence-corrected chi connectivity index (χ4v) is 3.78. The van der Waals surface area contributed by atoms with Gasteiger partial charge >= 0.3 is 0 Å². The van der Waals surface area contributed by atoms with Crippen molar-refractivity contribution in [3.05, 3.63) is 35.9 Å². The van der Waals surface area contributed by atoms with Crippen LogP contribution in [0.15, 0.2) is 30.3 Å². The summed E-state index contributed by atoms with van der Waals surface area (Å²) in [6.07, 6.45) is 7.15. The first-order valence-corrected chi connectivity index (χ1v) is 8.06. The molecule has 0 radical (unpaired) electrons. The number of hydrogen-bond donors (Lipinski definition) is 0. The van der Waals surface area contributed by atoms with Crippen LogP contribution in [0.4, 0.5) is 0 Å². The van der Waals surface area contributed by atoms with Crippen LogP contribution in [0.1, 0.15) is 38.2 Å². The molecule has 104 valence electrons. The Balaban J connectivity index is 1.36. The smallest absolute Gasteiger partial charge is 0.00253 e. The van der Waals surface area contributed by atoms with Crippen LogP contribution in [0.2, 0.25) is 0 Å². The molecule has 1 heteroatoms. The van der Waals surface area contributed by atoms with Gasteiger partial charge in [0.15, 0.2) is 0 Å². The van der Waals surface area contributed by atoms with E-state index >= 15 is 0 Å². The summed E-state index contributed by atoms with van der Waals surface area (Å²) in [5.41, 5.74) is 1.51. The van der Waals surface area contributed by atoms with Gasteiger partial charge in [0.25, 0.3) is 0 Å². The molecule has 0 spiro atoms. The maximum atomic E-state index is 2.69. The molecular weight excluding hydrogens is 230 g/mol. The maximum absolute atomic E-state index is 2.69. The first kappa shape index (κ1) is 13.2. The van der Waals surface area contributed by atoms with Crippen molar-refractivity contribution in [3.8, 4) is 0 Å². The minimum Gasteiger partial charge on any atom is -0.302 e. The van der Waals surface area contributed by atoms with Crippen molar-refractivity contribution in [2.24, 2.45) is 17.8 Å². The third-order valence-electron chi connectivity index (χ3n) is 5.05. The zero-order chi connectivity index (χ0) is 13.1. The Morgan fingerprint density at radius 2 is 1.63 bits per heavy atom. The van der Waals surface area contributed by atoms with Gasteiger partial charge in [-0.1, -0.05) is 50.1 Å². The first-order valence-electron chi connectivity index (χ1n) is 8.06. The molecule has 1 heterocycles. The highest BCUT2D eigenvalue weighted by atomic mass is 15.2. The van der Waals surface area contributed by atoms with Gasteiger partial charge in [-0.25, -0.2) is 0 Å². The van der Waals surface area contributed by atoms with Crippen LogP contribution in [0.3, 0.4) is 0 Å². The van der Waals surface area contributed by atoms with E-state index in [9.17, 15) is 0 Å². The highest BCUT2D eigenvalue weighted by Gasteiger charge is 2.29. The summed E-state index contributed by atoms with van der Waals surface area (Å²) in [5.74, 6) is 2.89. The quantitative estimate of drug-likeness (QED) is 0.788. The summed E-state index contributed by atoms with van der Waals surface area (Å²) >= 11 is 0. The minimum absolute atomic E-state index is 0.907. The van der Waals surface area contributed by atoms with Crippen LogP contribution in [0.25, 0.3) is 0 Å². The van der Waals surface area contributed by atoms with Gasteiger partial charge in [-0.15, -0.1) is 0 Å². The predicted octanol–water partition coefficient (Wildman–Crippen LogP) is 3.99. The lowest BCUT2D eigenvalue weighted by Crippen LogP contribution is -2.49. The number of rotatable bonds is 4. The average molecular weight is 257 g/mol. The fraction of sp³-hybridized carbons (Fsp3) is 0.667. The molecule has 0 unspecified atom stereocenters. The topological polar surface area (TPSA) is 3.24 Å². The Kier molecular flexibility index (Phi) is 4.22. The normalized spacial score (nSPS) is 29.1. The highest BCUT2D eigenvalue weighted by molar-refractivity contribution is 5.16. The highest BCUT2D eigenvalue weighted by Crippen LogP contribution is 2.31. The molecule has 3 rings (SSSR count). The van der Waals surface area contributed by atoms with Gasteiger partial charge in [0.05, 0.1) is 0 Å². The Labute approximate surface area is 118 Å². The molecule has 0 bridgehead atoms. The minimum atomic E-state index is 0.907. The van der Waals surface area contributed by atoms with Crippen molar-refractivity contribution in [1.29, 1.82) is 0 Å². The van der Waals surface area contributed by atoms with E-state index in [1.54, 1.807) is 0 Å². The summed E-state index contributed by atoms with van der Waals surface area (Å²) in [6, 6.07) is 11.0. The van der Waals surface area contributed by atoms with E-state index in [4.69, 9.17) is 0 Å². The average Bonchev–Trinajstić information content (AvgIpc) is 2.40. The summed E-state index contributed by atoms with van der Waals surface area (Å²) in [5, 5.41) is 0. The fourth-order valence-electron chi connectivity index (χ4n) is 3.78. The van der Waals surface area contributed by atoms with E-state index < -0.39 is 0 Å². The molecule has 2 aliphatic rings. The van der Waals surface area contributed by atoms with Gasteiger partial charge in [-0.2, -0.15) is 0 Å². The zero-order valence-corrected chi connectivity index (χ0v) is 12.2. The summed E-state index contributed by atoms with van der Waals surface area (Å²) < 4.78 is 0. The third kappa shape index (κ3) is 3.60. The van der Waals surface area contributed by atoms with Crippen molar-refractivity contribution in [2.75, 3.05) is 19.6 Å². The van der Waals surface area contributed by atoms with Crippen LogP contribution in [-0.4, -0.2) is 24.5 Å². The SMILES string of the molecule is CC1CCC(CN2CC(Cc3ccccc3)C2)CC1. The van der Waals surface area contributed by atoms with Gasteiger partial charge in [0.2, 0.25) is 0 Å². The molecule has 0 aromatic heterocycles. The molecule has 0 amide bonds. The van der Waals surface area contributed by atoms with Crippen LogP contribution >= 0.6 is 0 Å².